The van der Waals surface area contributed by atoms with Crippen LogP contribution in [-0.4, -0.2) is 18.3 Å². The van der Waals surface area contributed by atoms with Crippen molar-refractivity contribution in [3.63, 3.8) is 0 Å². The second kappa shape index (κ2) is 5.46. The fourth-order valence-corrected chi connectivity index (χ4v) is 1.29. The normalized spacial score (nSPS) is 10.1. The predicted octanol–water partition coefficient (Wildman–Crippen LogP) is 1.56. The van der Waals surface area contributed by atoms with Crippen molar-refractivity contribution >= 4 is 5.69 Å². The first-order valence-electron chi connectivity index (χ1n) is 5.01. The molecule has 84 valence electrons. The summed E-state index contributed by atoms with van der Waals surface area (Å²) in [5.74, 6) is 1.24. The average Bonchev–Trinajstić information content (AvgIpc) is 2.22. The molecule has 0 amide bonds. The molecule has 3 N–H and O–H groups in total. The lowest BCUT2D eigenvalue weighted by molar-refractivity contribution is 0.274. The molecular weight excluding hydrogens is 194 g/mol. The molecule has 0 unspecified atom stereocenters. The van der Waals surface area contributed by atoms with Crippen molar-refractivity contribution in [2.45, 2.75) is 20.5 Å². The molecule has 0 fully saturated rings. The summed E-state index contributed by atoms with van der Waals surface area (Å²) in [6.07, 6.45) is 0. The van der Waals surface area contributed by atoms with Gasteiger partial charge in [-0.3, -0.25) is 0 Å². The molecule has 0 aromatic heterocycles. The predicted molar refractivity (Wildman–Crippen MR) is 59.1 cm³/mol. The van der Waals surface area contributed by atoms with E-state index in [1.54, 1.807) is 12.1 Å². The van der Waals surface area contributed by atoms with Gasteiger partial charge in [-0.05, 0) is 19.9 Å². The van der Waals surface area contributed by atoms with Gasteiger partial charge in [0.05, 0.1) is 19.8 Å². The van der Waals surface area contributed by atoms with Gasteiger partial charge in [0.15, 0.2) is 11.5 Å². The highest BCUT2D eigenvalue weighted by Gasteiger charge is 2.09. The molecule has 0 saturated heterocycles. The van der Waals surface area contributed by atoms with Crippen LogP contribution in [0.5, 0.6) is 11.5 Å². The van der Waals surface area contributed by atoms with Gasteiger partial charge in [0.25, 0.3) is 0 Å². The van der Waals surface area contributed by atoms with E-state index in [4.69, 9.17) is 20.3 Å². The number of hydrogen-bond acceptors (Lipinski definition) is 4. The Balaban J connectivity index is 3.07. The minimum absolute atomic E-state index is 0.0989. The van der Waals surface area contributed by atoms with Crippen LogP contribution in [0.15, 0.2) is 12.1 Å². The van der Waals surface area contributed by atoms with Gasteiger partial charge in [-0.25, -0.2) is 0 Å². The highest BCUT2D eigenvalue weighted by molar-refractivity contribution is 5.57. The number of rotatable bonds is 5. The van der Waals surface area contributed by atoms with E-state index in [1.807, 2.05) is 13.8 Å². The number of ether oxygens (including phenoxy) is 2. The maximum absolute atomic E-state index is 9.06. The topological polar surface area (TPSA) is 64.7 Å². The molecule has 1 rings (SSSR count). The molecule has 0 radical (unpaired) electrons. The highest BCUT2D eigenvalue weighted by atomic mass is 16.5. The Labute approximate surface area is 89.6 Å². The van der Waals surface area contributed by atoms with Crippen LogP contribution in [0.25, 0.3) is 0 Å². The van der Waals surface area contributed by atoms with Gasteiger partial charge in [-0.2, -0.15) is 0 Å². The van der Waals surface area contributed by atoms with E-state index < -0.39 is 0 Å². The smallest absolute Gasteiger partial charge is 0.163 e. The van der Waals surface area contributed by atoms with Gasteiger partial charge in [0.2, 0.25) is 0 Å². The van der Waals surface area contributed by atoms with Crippen molar-refractivity contribution in [2.24, 2.45) is 0 Å². The Bertz CT molecular complexity index is 326. The summed E-state index contributed by atoms with van der Waals surface area (Å²) >= 11 is 0. The number of aliphatic hydroxyl groups is 1. The van der Waals surface area contributed by atoms with E-state index in [0.29, 0.717) is 36.0 Å². The summed E-state index contributed by atoms with van der Waals surface area (Å²) in [6.45, 7) is 4.79. The fourth-order valence-electron chi connectivity index (χ4n) is 1.29. The van der Waals surface area contributed by atoms with Crippen LogP contribution >= 0.6 is 0 Å². The number of nitrogens with two attached hydrogens (primary N) is 1. The quantitative estimate of drug-likeness (QED) is 0.725. The van der Waals surface area contributed by atoms with Crippen molar-refractivity contribution < 1.29 is 14.6 Å². The zero-order valence-corrected chi connectivity index (χ0v) is 9.12. The van der Waals surface area contributed by atoms with Crippen LogP contribution in [0.1, 0.15) is 19.4 Å². The van der Waals surface area contributed by atoms with Gasteiger partial charge in [0.1, 0.15) is 0 Å². The second-order valence-corrected chi connectivity index (χ2v) is 3.02. The van der Waals surface area contributed by atoms with Crippen molar-refractivity contribution in [3.8, 4) is 11.5 Å². The van der Waals surface area contributed by atoms with E-state index in [0.717, 1.165) is 0 Å². The molecule has 4 heteroatoms. The summed E-state index contributed by atoms with van der Waals surface area (Å²) < 4.78 is 10.8. The molecule has 0 bridgehead atoms. The summed E-state index contributed by atoms with van der Waals surface area (Å²) in [6, 6.07) is 3.39. The summed E-state index contributed by atoms with van der Waals surface area (Å²) in [4.78, 5) is 0. The Hall–Kier alpha value is -1.42. The summed E-state index contributed by atoms with van der Waals surface area (Å²) in [5, 5.41) is 9.06. The first-order chi connectivity index (χ1) is 7.22. The Morgan fingerprint density at radius 3 is 2.13 bits per heavy atom. The van der Waals surface area contributed by atoms with Gasteiger partial charge in [-0.15, -0.1) is 0 Å². The molecule has 0 atom stereocenters. The van der Waals surface area contributed by atoms with E-state index in [9.17, 15) is 0 Å². The number of anilines is 1. The lowest BCUT2D eigenvalue weighted by atomic mass is 10.1. The highest BCUT2D eigenvalue weighted by Crippen LogP contribution is 2.32. The minimum atomic E-state index is -0.0989. The standard InChI is InChI=1S/C11H17NO3/c1-3-14-10-5-8(7-13)9(12)6-11(10)15-4-2/h5-6,13H,3-4,7,12H2,1-2H3. The van der Waals surface area contributed by atoms with Gasteiger partial charge < -0.3 is 20.3 Å². The molecule has 0 spiro atoms. The van der Waals surface area contributed by atoms with Crippen molar-refractivity contribution in [1.29, 1.82) is 0 Å². The van der Waals surface area contributed by atoms with Crippen LogP contribution in [0.3, 0.4) is 0 Å². The third-order valence-electron chi connectivity index (χ3n) is 1.98. The van der Waals surface area contributed by atoms with Crippen LogP contribution in [0.4, 0.5) is 5.69 Å². The summed E-state index contributed by atoms with van der Waals surface area (Å²) in [7, 11) is 0. The van der Waals surface area contributed by atoms with E-state index >= 15 is 0 Å². The van der Waals surface area contributed by atoms with Gasteiger partial charge in [-0.1, -0.05) is 0 Å². The lowest BCUT2D eigenvalue weighted by Gasteiger charge is -2.13. The van der Waals surface area contributed by atoms with Gasteiger partial charge in [0, 0.05) is 17.3 Å². The van der Waals surface area contributed by atoms with E-state index in [1.165, 1.54) is 0 Å². The van der Waals surface area contributed by atoms with Crippen molar-refractivity contribution in [2.75, 3.05) is 18.9 Å². The Kier molecular flexibility index (Phi) is 4.24. The molecule has 15 heavy (non-hydrogen) atoms. The average molecular weight is 211 g/mol. The summed E-state index contributed by atoms with van der Waals surface area (Å²) in [5.41, 5.74) is 6.90. The third kappa shape index (κ3) is 2.76. The molecule has 1 aromatic rings. The lowest BCUT2D eigenvalue weighted by Crippen LogP contribution is -2.02. The third-order valence-corrected chi connectivity index (χ3v) is 1.98. The largest absolute Gasteiger partial charge is 0.490 e. The Morgan fingerprint density at radius 1 is 1.13 bits per heavy atom. The first-order valence-corrected chi connectivity index (χ1v) is 5.01. The van der Waals surface area contributed by atoms with Crippen LogP contribution in [0.2, 0.25) is 0 Å². The SMILES string of the molecule is CCOc1cc(N)c(CO)cc1OCC. The second-order valence-electron chi connectivity index (χ2n) is 3.02. The first kappa shape index (κ1) is 11.7. The number of benzene rings is 1. The monoisotopic (exact) mass is 211 g/mol. The molecule has 1 aromatic carbocycles. The molecule has 0 aliphatic carbocycles. The molecule has 0 heterocycles. The maximum Gasteiger partial charge on any atom is 0.163 e. The fraction of sp³-hybridized carbons (Fsp3) is 0.455. The Morgan fingerprint density at radius 2 is 1.67 bits per heavy atom. The zero-order chi connectivity index (χ0) is 11.3. The van der Waals surface area contributed by atoms with Crippen molar-refractivity contribution in [1.82, 2.24) is 0 Å². The zero-order valence-electron chi connectivity index (χ0n) is 9.12. The molecule has 4 nitrogen and oxygen atoms in total. The minimum Gasteiger partial charge on any atom is -0.490 e. The van der Waals surface area contributed by atoms with E-state index in [-0.39, 0.29) is 6.61 Å². The van der Waals surface area contributed by atoms with E-state index in [2.05, 4.69) is 0 Å². The molecule has 0 aliphatic rings. The van der Waals surface area contributed by atoms with Crippen molar-refractivity contribution in [3.05, 3.63) is 17.7 Å². The van der Waals surface area contributed by atoms with Crippen LogP contribution in [-0.2, 0) is 6.61 Å². The van der Waals surface area contributed by atoms with Crippen LogP contribution < -0.4 is 15.2 Å². The molecular formula is C11H17NO3. The number of nitrogen functional groups attached to an aromatic ring is 1. The maximum atomic E-state index is 9.06. The van der Waals surface area contributed by atoms with Crippen LogP contribution in [0, 0.1) is 0 Å². The molecule has 0 aliphatic heterocycles. The number of hydrogen-bond donors (Lipinski definition) is 2. The van der Waals surface area contributed by atoms with Gasteiger partial charge >= 0.3 is 0 Å². The molecule has 0 saturated carbocycles. The number of aliphatic hydroxyl groups excluding tert-OH is 1.